The molecule has 2 aromatic carbocycles. The van der Waals surface area contributed by atoms with Gasteiger partial charge >= 0.3 is 12.1 Å². The molecule has 0 aromatic heterocycles. The fourth-order valence-corrected chi connectivity index (χ4v) is 5.15. The molecule has 1 saturated heterocycles. The van der Waals surface area contributed by atoms with E-state index >= 15 is 0 Å². The third-order valence-corrected chi connectivity index (χ3v) is 6.91. The maximum Gasteiger partial charge on any atom is 0.407 e. The predicted octanol–water partition coefficient (Wildman–Crippen LogP) is 4.26. The summed E-state index contributed by atoms with van der Waals surface area (Å²) in [4.78, 5) is 38.6. The quantitative estimate of drug-likeness (QED) is 0.608. The first-order valence-electron chi connectivity index (χ1n) is 12.1. The van der Waals surface area contributed by atoms with Crippen LogP contribution >= 0.6 is 0 Å². The highest BCUT2D eigenvalue weighted by Gasteiger charge is 2.32. The molecule has 2 aromatic rings. The molecule has 0 bridgehead atoms. The summed E-state index contributed by atoms with van der Waals surface area (Å²) < 4.78 is 5.59. The van der Waals surface area contributed by atoms with E-state index in [0.29, 0.717) is 25.8 Å². The first kappa shape index (κ1) is 23.8. The molecule has 2 amide bonds. The number of hydrogen-bond acceptors (Lipinski definition) is 4. The number of nitrogens with zero attached hydrogens (tertiary/aromatic N) is 1. The van der Waals surface area contributed by atoms with E-state index in [1.165, 1.54) is 11.1 Å². The second-order valence-electron chi connectivity index (χ2n) is 9.15. The maximum atomic E-state index is 13.1. The van der Waals surface area contributed by atoms with Crippen LogP contribution in [0.4, 0.5) is 4.79 Å². The molecule has 2 aliphatic rings. The summed E-state index contributed by atoms with van der Waals surface area (Å²) in [5.41, 5.74) is 4.63. The number of carbonyl (C=O) groups is 3. The van der Waals surface area contributed by atoms with Gasteiger partial charge in [0.25, 0.3) is 0 Å². The Morgan fingerprint density at radius 1 is 1.09 bits per heavy atom. The van der Waals surface area contributed by atoms with Crippen molar-refractivity contribution in [1.82, 2.24) is 10.2 Å². The van der Waals surface area contributed by atoms with Crippen LogP contribution in [0.5, 0.6) is 0 Å². The fourth-order valence-electron chi connectivity index (χ4n) is 5.15. The van der Waals surface area contributed by atoms with Gasteiger partial charge in [-0.25, -0.2) is 4.79 Å². The lowest BCUT2D eigenvalue weighted by atomic mass is 9.95. The molecule has 2 unspecified atom stereocenters. The van der Waals surface area contributed by atoms with Gasteiger partial charge in [-0.1, -0.05) is 61.9 Å². The Labute approximate surface area is 200 Å². The van der Waals surface area contributed by atoms with Crippen molar-refractivity contribution in [3.63, 3.8) is 0 Å². The highest BCUT2D eigenvalue weighted by Crippen LogP contribution is 2.44. The van der Waals surface area contributed by atoms with E-state index in [1.54, 1.807) is 4.90 Å². The number of carboxylic acid groups (broad SMARTS) is 1. The van der Waals surface area contributed by atoms with Gasteiger partial charge in [-0.05, 0) is 41.5 Å². The lowest BCUT2D eigenvalue weighted by Gasteiger charge is -2.33. The largest absolute Gasteiger partial charge is 0.481 e. The summed E-state index contributed by atoms with van der Waals surface area (Å²) in [6.07, 6.45) is 2.14. The van der Waals surface area contributed by atoms with Crippen LogP contribution in [0.1, 0.15) is 49.7 Å². The molecule has 1 aliphatic heterocycles. The smallest absolute Gasteiger partial charge is 0.407 e. The van der Waals surface area contributed by atoms with Crippen molar-refractivity contribution in [2.75, 3.05) is 26.2 Å². The highest BCUT2D eigenvalue weighted by atomic mass is 16.5. The van der Waals surface area contributed by atoms with Gasteiger partial charge in [0.1, 0.15) is 6.61 Å². The third kappa shape index (κ3) is 5.08. The Morgan fingerprint density at radius 2 is 1.74 bits per heavy atom. The molecule has 1 heterocycles. The Hall–Kier alpha value is -3.35. The third-order valence-electron chi connectivity index (χ3n) is 6.91. The van der Waals surface area contributed by atoms with Crippen LogP contribution in [0.2, 0.25) is 0 Å². The van der Waals surface area contributed by atoms with Crippen LogP contribution in [-0.2, 0) is 14.3 Å². The number of benzene rings is 2. The Bertz CT molecular complexity index is 1010. The van der Waals surface area contributed by atoms with Crippen LogP contribution in [0.25, 0.3) is 11.1 Å². The van der Waals surface area contributed by atoms with Gasteiger partial charge in [0.2, 0.25) is 5.91 Å². The van der Waals surface area contributed by atoms with Crippen LogP contribution in [0, 0.1) is 11.8 Å². The number of likely N-dealkylation sites (tertiary alicyclic amines) is 1. The average molecular weight is 465 g/mol. The number of piperidine rings is 1. The number of aliphatic carboxylic acids is 1. The van der Waals surface area contributed by atoms with Crippen molar-refractivity contribution < 1.29 is 24.2 Å². The molecule has 0 spiro atoms. The van der Waals surface area contributed by atoms with Crippen LogP contribution in [0.15, 0.2) is 48.5 Å². The van der Waals surface area contributed by atoms with Gasteiger partial charge < -0.3 is 20.1 Å². The topological polar surface area (TPSA) is 95.9 Å². The summed E-state index contributed by atoms with van der Waals surface area (Å²) in [7, 11) is 0. The minimum Gasteiger partial charge on any atom is -0.481 e. The van der Waals surface area contributed by atoms with E-state index in [2.05, 4.69) is 29.6 Å². The summed E-state index contributed by atoms with van der Waals surface area (Å²) >= 11 is 0. The van der Waals surface area contributed by atoms with Gasteiger partial charge in [-0.15, -0.1) is 0 Å². The zero-order chi connectivity index (χ0) is 24.1. The molecule has 34 heavy (non-hydrogen) atoms. The second kappa shape index (κ2) is 10.7. The molecule has 4 rings (SSSR count). The van der Waals surface area contributed by atoms with Gasteiger partial charge in [0, 0.05) is 25.6 Å². The highest BCUT2D eigenvalue weighted by molar-refractivity contribution is 5.81. The number of nitrogens with one attached hydrogen (secondary N) is 1. The maximum absolute atomic E-state index is 13.1. The Morgan fingerprint density at radius 3 is 2.35 bits per heavy atom. The number of ether oxygens (including phenoxy) is 1. The van der Waals surface area contributed by atoms with E-state index in [4.69, 9.17) is 4.74 Å². The van der Waals surface area contributed by atoms with E-state index in [9.17, 15) is 19.5 Å². The van der Waals surface area contributed by atoms with Crippen LogP contribution in [0.3, 0.4) is 0 Å². The van der Waals surface area contributed by atoms with Crippen molar-refractivity contribution in [3.8, 4) is 11.1 Å². The molecule has 2 N–H and O–H groups in total. The molecule has 0 saturated carbocycles. The first-order chi connectivity index (χ1) is 16.5. The lowest BCUT2D eigenvalue weighted by molar-refractivity contribution is -0.146. The van der Waals surface area contributed by atoms with Gasteiger partial charge in [-0.3, -0.25) is 9.59 Å². The normalized spacial score (nSPS) is 18.0. The van der Waals surface area contributed by atoms with Crippen molar-refractivity contribution in [2.45, 2.75) is 38.5 Å². The SMILES string of the molecule is CCCC(CNC(=O)OCC1c2ccccc2-c2ccccc21)C(=O)N1CCCC(C(=O)O)C1. The number of alkyl carbamates (subject to hydrolysis) is 1. The van der Waals surface area contributed by atoms with E-state index in [1.807, 2.05) is 31.2 Å². The molecule has 1 aliphatic carbocycles. The number of carbonyl (C=O) groups excluding carboxylic acids is 2. The Balaban J connectivity index is 1.34. The van der Waals surface area contributed by atoms with Gasteiger partial charge in [0.15, 0.2) is 0 Å². The van der Waals surface area contributed by atoms with Crippen LogP contribution < -0.4 is 5.32 Å². The van der Waals surface area contributed by atoms with Crippen molar-refractivity contribution >= 4 is 18.0 Å². The summed E-state index contributed by atoms with van der Waals surface area (Å²) in [5.74, 6) is -1.88. The van der Waals surface area contributed by atoms with Gasteiger partial charge in [-0.2, -0.15) is 0 Å². The fraction of sp³-hybridized carbons (Fsp3) is 0.444. The molecule has 7 nitrogen and oxygen atoms in total. The molecule has 180 valence electrons. The number of amides is 2. The first-order valence-corrected chi connectivity index (χ1v) is 12.1. The molecular formula is C27H32N2O5. The lowest BCUT2D eigenvalue weighted by Crippen LogP contribution is -2.47. The second-order valence-corrected chi connectivity index (χ2v) is 9.15. The van der Waals surface area contributed by atoms with Crippen molar-refractivity contribution in [3.05, 3.63) is 59.7 Å². The molecule has 2 atom stereocenters. The predicted molar refractivity (Wildman–Crippen MR) is 128 cm³/mol. The minimum absolute atomic E-state index is 0.0208. The number of hydrogen-bond donors (Lipinski definition) is 2. The molecule has 0 radical (unpaired) electrons. The van der Waals surface area contributed by atoms with E-state index < -0.39 is 23.9 Å². The average Bonchev–Trinajstić information content (AvgIpc) is 3.18. The number of fused-ring (bicyclic) bond motifs is 3. The van der Waals surface area contributed by atoms with Gasteiger partial charge in [0.05, 0.1) is 11.8 Å². The molecular weight excluding hydrogens is 432 g/mol. The van der Waals surface area contributed by atoms with E-state index in [-0.39, 0.29) is 31.5 Å². The summed E-state index contributed by atoms with van der Waals surface area (Å²) in [6, 6.07) is 16.3. The summed E-state index contributed by atoms with van der Waals surface area (Å²) in [5, 5.41) is 12.1. The standard InChI is InChI=1S/C27H32N2O5/c1-2-8-18(25(30)29-14-7-9-19(16-29)26(31)32)15-28-27(33)34-17-24-22-12-5-3-10-20(22)21-11-4-6-13-23(21)24/h3-6,10-13,18-19,24H,2,7-9,14-17H2,1H3,(H,28,33)(H,31,32). The van der Waals surface area contributed by atoms with E-state index in [0.717, 1.165) is 17.5 Å². The van der Waals surface area contributed by atoms with Crippen molar-refractivity contribution in [1.29, 1.82) is 0 Å². The monoisotopic (exact) mass is 464 g/mol. The number of rotatable bonds is 8. The Kier molecular flexibility index (Phi) is 7.50. The molecule has 1 fully saturated rings. The number of carboxylic acids is 1. The summed E-state index contributed by atoms with van der Waals surface area (Å²) in [6.45, 7) is 3.19. The zero-order valence-electron chi connectivity index (χ0n) is 19.5. The van der Waals surface area contributed by atoms with Crippen LogP contribution in [-0.4, -0.2) is 54.2 Å². The minimum atomic E-state index is -0.860. The van der Waals surface area contributed by atoms with Crippen molar-refractivity contribution in [2.24, 2.45) is 11.8 Å². The zero-order valence-corrected chi connectivity index (χ0v) is 19.5. The molecule has 7 heteroatoms.